The molecule has 0 aliphatic rings. The predicted octanol–water partition coefficient (Wildman–Crippen LogP) is 3.34. The van der Waals surface area contributed by atoms with Gasteiger partial charge in [-0.3, -0.25) is 9.78 Å². The van der Waals surface area contributed by atoms with Crippen molar-refractivity contribution in [2.45, 2.75) is 19.3 Å². The van der Waals surface area contributed by atoms with Gasteiger partial charge in [0, 0.05) is 18.0 Å². The van der Waals surface area contributed by atoms with Gasteiger partial charge in [-0.15, -0.1) is 0 Å². The Morgan fingerprint density at radius 1 is 1.23 bits per heavy atom. The van der Waals surface area contributed by atoms with Gasteiger partial charge in [-0.2, -0.15) is 0 Å². The van der Waals surface area contributed by atoms with Gasteiger partial charge in [0.1, 0.15) is 0 Å². The summed E-state index contributed by atoms with van der Waals surface area (Å²) in [6, 6.07) is 7.54. The molecule has 0 fully saturated rings. The second-order valence-corrected chi connectivity index (χ2v) is 5.04. The lowest BCUT2D eigenvalue weighted by molar-refractivity contribution is -0.137. The van der Waals surface area contributed by atoms with Crippen LogP contribution in [0.2, 0.25) is 0 Å². The van der Waals surface area contributed by atoms with Crippen LogP contribution in [-0.4, -0.2) is 30.3 Å². The Balaban J connectivity index is 2.57. The summed E-state index contributed by atoms with van der Waals surface area (Å²) in [5.41, 5.74) is 2.69. The number of carbonyl (C=O) groups is 1. The van der Waals surface area contributed by atoms with Gasteiger partial charge >= 0.3 is 5.97 Å². The molecular formula is C17H19NO4. The van der Waals surface area contributed by atoms with Gasteiger partial charge < -0.3 is 14.6 Å². The van der Waals surface area contributed by atoms with Crippen molar-refractivity contribution in [3.05, 3.63) is 42.2 Å². The topological polar surface area (TPSA) is 68.7 Å². The molecule has 0 spiro atoms. The summed E-state index contributed by atoms with van der Waals surface area (Å²) in [7, 11) is 3.16. The molecule has 0 radical (unpaired) electrons. The SMILES string of the molecule is COc1cc(C(C)CC(=O)O)cc(-c2ccncc2)c1OC. The molecule has 1 aromatic heterocycles. The molecule has 0 aliphatic heterocycles. The Labute approximate surface area is 129 Å². The van der Waals surface area contributed by atoms with Crippen LogP contribution in [0.1, 0.15) is 24.8 Å². The van der Waals surface area contributed by atoms with Crippen LogP contribution in [-0.2, 0) is 4.79 Å². The van der Waals surface area contributed by atoms with E-state index in [2.05, 4.69) is 4.98 Å². The van der Waals surface area contributed by atoms with Crippen molar-refractivity contribution in [3.63, 3.8) is 0 Å². The van der Waals surface area contributed by atoms with Gasteiger partial charge in [-0.05, 0) is 41.3 Å². The van der Waals surface area contributed by atoms with Crippen LogP contribution >= 0.6 is 0 Å². The summed E-state index contributed by atoms with van der Waals surface area (Å²) in [6.45, 7) is 1.88. The molecule has 5 heteroatoms. The highest BCUT2D eigenvalue weighted by molar-refractivity contribution is 5.75. The zero-order chi connectivity index (χ0) is 16.1. The first-order chi connectivity index (χ1) is 10.6. The zero-order valence-corrected chi connectivity index (χ0v) is 12.9. The first-order valence-corrected chi connectivity index (χ1v) is 6.95. The van der Waals surface area contributed by atoms with Gasteiger partial charge in [0.25, 0.3) is 0 Å². The van der Waals surface area contributed by atoms with Crippen LogP contribution in [0.15, 0.2) is 36.7 Å². The lowest BCUT2D eigenvalue weighted by atomic mass is 9.93. The molecule has 0 aliphatic carbocycles. The van der Waals surface area contributed by atoms with Crippen molar-refractivity contribution >= 4 is 5.97 Å². The number of aromatic nitrogens is 1. The van der Waals surface area contributed by atoms with Crippen molar-refractivity contribution in [2.24, 2.45) is 0 Å². The fourth-order valence-corrected chi connectivity index (χ4v) is 2.40. The van der Waals surface area contributed by atoms with E-state index in [0.29, 0.717) is 11.5 Å². The molecule has 22 heavy (non-hydrogen) atoms. The zero-order valence-electron chi connectivity index (χ0n) is 12.9. The fourth-order valence-electron chi connectivity index (χ4n) is 2.40. The minimum absolute atomic E-state index is 0.0608. The Morgan fingerprint density at radius 3 is 2.45 bits per heavy atom. The number of carboxylic acid groups (broad SMARTS) is 1. The number of hydrogen-bond acceptors (Lipinski definition) is 4. The number of carboxylic acids is 1. The van der Waals surface area contributed by atoms with Crippen LogP contribution in [0.4, 0.5) is 0 Å². The Morgan fingerprint density at radius 2 is 1.91 bits per heavy atom. The molecule has 116 valence electrons. The van der Waals surface area contributed by atoms with Gasteiger partial charge in [-0.25, -0.2) is 0 Å². The molecular weight excluding hydrogens is 282 g/mol. The largest absolute Gasteiger partial charge is 0.493 e. The average Bonchev–Trinajstić information content (AvgIpc) is 2.53. The first-order valence-electron chi connectivity index (χ1n) is 6.95. The highest BCUT2D eigenvalue weighted by Crippen LogP contribution is 2.41. The van der Waals surface area contributed by atoms with Crippen LogP contribution in [0.3, 0.4) is 0 Å². The third-order valence-corrected chi connectivity index (χ3v) is 3.54. The second-order valence-electron chi connectivity index (χ2n) is 5.04. The van der Waals surface area contributed by atoms with Crippen LogP contribution in [0.25, 0.3) is 11.1 Å². The molecule has 0 amide bonds. The van der Waals surface area contributed by atoms with E-state index >= 15 is 0 Å². The fraction of sp³-hybridized carbons (Fsp3) is 0.294. The highest BCUT2D eigenvalue weighted by atomic mass is 16.5. The molecule has 1 unspecified atom stereocenters. The third-order valence-electron chi connectivity index (χ3n) is 3.54. The number of methoxy groups -OCH3 is 2. The van der Waals surface area contributed by atoms with Crippen molar-refractivity contribution in [1.29, 1.82) is 0 Å². The third kappa shape index (κ3) is 3.36. The van der Waals surface area contributed by atoms with Crippen molar-refractivity contribution in [3.8, 4) is 22.6 Å². The average molecular weight is 301 g/mol. The number of ether oxygens (including phenoxy) is 2. The number of nitrogens with zero attached hydrogens (tertiary/aromatic N) is 1. The maximum absolute atomic E-state index is 11.0. The van der Waals surface area contributed by atoms with E-state index < -0.39 is 5.97 Å². The van der Waals surface area contributed by atoms with Gasteiger partial charge in [0.05, 0.1) is 20.6 Å². The molecule has 1 atom stereocenters. The Kier molecular flexibility index (Phi) is 4.99. The van der Waals surface area contributed by atoms with Crippen LogP contribution in [0, 0.1) is 0 Å². The number of rotatable bonds is 6. The van der Waals surface area contributed by atoms with E-state index in [1.165, 1.54) is 0 Å². The summed E-state index contributed by atoms with van der Waals surface area (Å²) in [5, 5.41) is 8.99. The molecule has 2 rings (SSSR count). The summed E-state index contributed by atoms with van der Waals surface area (Å²) >= 11 is 0. The molecule has 1 N–H and O–H groups in total. The highest BCUT2D eigenvalue weighted by Gasteiger charge is 2.18. The monoisotopic (exact) mass is 301 g/mol. The quantitative estimate of drug-likeness (QED) is 0.886. The standard InChI is InChI=1S/C17H19NO4/c1-11(8-16(19)20)13-9-14(12-4-6-18-7-5-12)17(22-3)15(10-13)21-2/h4-7,9-11H,8H2,1-3H3,(H,19,20). The number of hydrogen-bond donors (Lipinski definition) is 1. The van der Waals surface area contributed by atoms with E-state index in [4.69, 9.17) is 14.6 Å². The van der Waals surface area contributed by atoms with E-state index in [0.717, 1.165) is 16.7 Å². The molecule has 0 saturated heterocycles. The van der Waals surface area contributed by atoms with E-state index in [-0.39, 0.29) is 12.3 Å². The second kappa shape index (κ2) is 6.93. The number of aliphatic carboxylic acids is 1. The number of benzene rings is 1. The van der Waals surface area contributed by atoms with E-state index in [9.17, 15) is 4.79 Å². The maximum Gasteiger partial charge on any atom is 0.303 e. The summed E-state index contributed by atoms with van der Waals surface area (Å²) in [4.78, 5) is 15.0. The van der Waals surface area contributed by atoms with Gasteiger partial charge in [-0.1, -0.05) is 6.92 Å². The van der Waals surface area contributed by atoms with Crippen molar-refractivity contribution in [2.75, 3.05) is 14.2 Å². The Bertz CT molecular complexity index is 655. The molecule has 1 aromatic carbocycles. The smallest absolute Gasteiger partial charge is 0.303 e. The lowest BCUT2D eigenvalue weighted by Gasteiger charge is -2.18. The molecule has 0 bridgehead atoms. The maximum atomic E-state index is 11.0. The van der Waals surface area contributed by atoms with Crippen molar-refractivity contribution in [1.82, 2.24) is 4.98 Å². The van der Waals surface area contributed by atoms with E-state index in [1.54, 1.807) is 26.6 Å². The van der Waals surface area contributed by atoms with Gasteiger partial charge in [0.2, 0.25) is 0 Å². The van der Waals surface area contributed by atoms with Crippen molar-refractivity contribution < 1.29 is 19.4 Å². The minimum atomic E-state index is -0.826. The predicted molar refractivity (Wildman–Crippen MR) is 83.4 cm³/mol. The summed E-state index contributed by atoms with van der Waals surface area (Å²) in [5.74, 6) is 0.259. The van der Waals surface area contributed by atoms with E-state index in [1.807, 2.05) is 31.2 Å². The lowest BCUT2D eigenvalue weighted by Crippen LogP contribution is -2.04. The van der Waals surface area contributed by atoms with Crippen LogP contribution < -0.4 is 9.47 Å². The summed E-state index contributed by atoms with van der Waals surface area (Å²) < 4.78 is 10.9. The minimum Gasteiger partial charge on any atom is -0.493 e. The molecule has 0 saturated carbocycles. The van der Waals surface area contributed by atoms with Crippen LogP contribution in [0.5, 0.6) is 11.5 Å². The normalized spacial score (nSPS) is 11.8. The molecule has 2 aromatic rings. The first kappa shape index (κ1) is 15.8. The number of pyridine rings is 1. The Hall–Kier alpha value is -2.56. The van der Waals surface area contributed by atoms with Gasteiger partial charge in [0.15, 0.2) is 11.5 Å². The molecule has 5 nitrogen and oxygen atoms in total. The molecule has 1 heterocycles. The summed E-state index contributed by atoms with van der Waals surface area (Å²) in [6.07, 6.45) is 3.47.